The molecule has 36 heavy (non-hydrogen) atoms. The quantitative estimate of drug-likeness (QED) is 0.121. The Morgan fingerprint density at radius 2 is 1.64 bits per heavy atom. The second kappa shape index (κ2) is 11.7. The van der Waals surface area contributed by atoms with Gasteiger partial charge < -0.3 is 19.5 Å². The van der Waals surface area contributed by atoms with Crippen LogP contribution in [0.25, 0.3) is 0 Å². The maximum Gasteiger partial charge on any atom is 0.350 e. The van der Waals surface area contributed by atoms with Gasteiger partial charge in [0.15, 0.2) is 11.5 Å². The molecular formula is C24H20N4O8. The van der Waals surface area contributed by atoms with E-state index in [0.29, 0.717) is 17.0 Å². The number of methoxy groups -OCH3 is 2. The van der Waals surface area contributed by atoms with Gasteiger partial charge in [-0.3, -0.25) is 19.7 Å². The normalized spacial score (nSPS) is 10.4. The van der Waals surface area contributed by atoms with Gasteiger partial charge in [-0.15, -0.1) is 0 Å². The highest BCUT2D eigenvalue weighted by Crippen LogP contribution is 2.29. The molecule has 0 heterocycles. The van der Waals surface area contributed by atoms with Crippen molar-refractivity contribution in [3.63, 3.8) is 0 Å². The number of carbonyl (C=O) groups excluding carboxylic acids is 3. The van der Waals surface area contributed by atoms with E-state index < -0.39 is 28.4 Å². The summed E-state index contributed by atoms with van der Waals surface area (Å²) < 4.78 is 15.5. The van der Waals surface area contributed by atoms with Gasteiger partial charge in [-0.2, -0.15) is 5.10 Å². The number of anilines is 1. The van der Waals surface area contributed by atoms with Crippen LogP contribution in [-0.4, -0.2) is 43.1 Å². The van der Waals surface area contributed by atoms with E-state index in [1.807, 2.05) is 0 Å². The fraction of sp³-hybridized carbons (Fsp3) is 0.0833. The van der Waals surface area contributed by atoms with Crippen molar-refractivity contribution in [1.29, 1.82) is 0 Å². The van der Waals surface area contributed by atoms with E-state index in [4.69, 9.17) is 14.2 Å². The smallest absolute Gasteiger partial charge is 0.350 e. The number of nitro groups is 1. The molecule has 2 amide bonds. The van der Waals surface area contributed by atoms with E-state index in [1.165, 1.54) is 62.9 Å². The van der Waals surface area contributed by atoms with Crippen LogP contribution in [0.2, 0.25) is 0 Å². The van der Waals surface area contributed by atoms with Gasteiger partial charge in [-0.1, -0.05) is 12.1 Å². The maximum absolute atomic E-state index is 12.5. The van der Waals surface area contributed by atoms with Gasteiger partial charge in [0.2, 0.25) is 0 Å². The summed E-state index contributed by atoms with van der Waals surface area (Å²) in [5, 5.41) is 17.3. The minimum absolute atomic E-state index is 0.0145. The summed E-state index contributed by atoms with van der Waals surface area (Å²) in [6.07, 6.45) is 1.24. The summed E-state index contributed by atoms with van der Waals surface area (Å²) in [5.74, 6) is -2.11. The maximum atomic E-state index is 12.5. The zero-order chi connectivity index (χ0) is 26.1. The average Bonchev–Trinajstić information content (AvgIpc) is 2.89. The van der Waals surface area contributed by atoms with Crippen LogP contribution in [0, 0.1) is 10.1 Å². The number of esters is 1. The average molecular weight is 492 g/mol. The number of amides is 2. The lowest BCUT2D eigenvalue weighted by atomic mass is 10.2. The Morgan fingerprint density at radius 3 is 2.31 bits per heavy atom. The number of nitro benzene ring substituents is 1. The standard InChI is InChI=1S/C24H20N4O8/c1-34-17-10-8-16(9-11-17)26-22(29)23(30)27-25-14-15-7-12-20(21(13-15)35-2)36-24(31)18-5-3-4-6-19(18)28(32)33/h3-14H,1-2H3,(H,26,29)(H,27,30)/b25-14+. The topological polar surface area (TPSA) is 158 Å². The predicted molar refractivity (Wildman–Crippen MR) is 128 cm³/mol. The Morgan fingerprint density at radius 1 is 0.917 bits per heavy atom. The van der Waals surface area contributed by atoms with Crippen LogP contribution in [0.3, 0.4) is 0 Å². The monoisotopic (exact) mass is 492 g/mol. The highest BCUT2D eigenvalue weighted by atomic mass is 16.6. The van der Waals surface area contributed by atoms with Crippen molar-refractivity contribution in [1.82, 2.24) is 5.43 Å². The van der Waals surface area contributed by atoms with Gasteiger partial charge in [-0.05, 0) is 54.1 Å². The highest BCUT2D eigenvalue weighted by Gasteiger charge is 2.22. The fourth-order valence-corrected chi connectivity index (χ4v) is 2.89. The van der Waals surface area contributed by atoms with E-state index in [-0.39, 0.29) is 17.1 Å². The fourth-order valence-electron chi connectivity index (χ4n) is 2.89. The third-order valence-corrected chi connectivity index (χ3v) is 4.64. The lowest BCUT2D eigenvalue weighted by Crippen LogP contribution is -2.32. The molecule has 2 N–H and O–H groups in total. The number of nitrogens with one attached hydrogen (secondary N) is 2. The molecule has 3 aromatic carbocycles. The van der Waals surface area contributed by atoms with Crippen LogP contribution in [0.4, 0.5) is 11.4 Å². The molecule has 0 aromatic heterocycles. The van der Waals surface area contributed by atoms with Crippen molar-refractivity contribution < 1.29 is 33.5 Å². The van der Waals surface area contributed by atoms with Gasteiger partial charge in [0.25, 0.3) is 5.69 Å². The van der Waals surface area contributed by atoms with E-state index in [0.717, 1.165) is 0 Å². The largest absolute Gasteiger partial charge is 0.497 e. The van der Waals surface area contributed by atoms with Crippen LogP contribution in [-0.2, 0) is 9.59 Å². The van der Waals surface area contributed by atoms with Gasteiger partial charge in [0.1, 0.15) is 11.3 Å². The molecule has 184 valence electrons. The Kier molecular flexibility index (Phi) is 8.27. The van der Waals surface area contributed by atoms with Crippen molar-refractivity contribution >= 4 is 35.4 Å². The lowest BCUT2D eigenvalue weighted by Gasteiger charge is -2.10. The Bertz CT molecular complexity index is 1320. The van der Waals surface area contributed by atoms with E-state index >= 15 is 0 Å². The van der Waals surface area contributed by atoms with Gasteiger partial charge in [-0.25, -0.2) is 10.2 Å². The van der Waals surface area contributed by atoms with Crippen LogP contribution < -0.4 is 25.0 Å². The molecule has 3 rings (SSSR count). The van der Waals surface area contributed by atoms with Gasteiger partial charge >= 0.3 is 17.8 Å². The molecule has 0 fully saturated rings. The number of nitrogens with zero attached hydrogens (tertiary/aromatic N) is 2. The second-order valence-electron chi connectivity index (χ2n) is 6.96. The summed E-state index contributed by atoms with van der Waals surface area (Å²) in [6.45, 7) is 0. The molecule has 0 aliphatic heterocycles. The number of hydrazone groups is 1. The summed E-state index contributed by atoms with van der Waals surface area (Å²) >= 11 is 0. The first-order chi connectivity index (χ1) is 17.3. The third-order valence-electron chi connectivity index (χ3n) is 4.64. The molecule has 12 heteroatoms. The molecule has 0 spiro atoms. The van der Waals surface area contributed by atoms with E-state index in [9.17, 15) is 24.5 Å². The van der Waals surface area contributed by atoms with Crippen molar-refractivity contribution in [3.8, 4) is 17.2 Å². The number of para-hydroxylation sites is 1. The van der Waals surface area contributed by atoms with Crippen molar-refractivity contribution in [2.45, 2.75) is 0 Å². The molecule has 12 nitrogen and oxygen atoms in total. The number of rotatable bonds is 8. The number of carbonyl (C=O) groups is 3. The van der Waals surface area contributed by atoms with Crippen molar-refractivity contribution in [2.24, 2.45) is 5.10 Å². The van der Waals surface area contributed by atoms with Crippen LogP contribution >= 0.6 is 0 Å². The van der Waals surface area contributed by atoms with Gasteiger partial charge in [0.05, 0.1) is 25.4 Å². The van der Waals surface area contributed by atoms with Crippen LogP contribution in [0.15, 0.2) is 71.8 Å². The Balaban J connectivity index is 1.62. The lowest BCUT2D eigenvalue weighted by molar-refractivity contribution is -0.385. The zero-order valence-electron chi connectivity index (χ0n) is 19.1. The molecule has 0 saturated carbocycles. The first-order valence-corrected chi connectivity index (χ1v) is 10.2. The van der Waals surface area contributed by atoms with E-state index in [2.05, 4.69) is 15.8 Å². The Labute approximate surface area is 204 Å². The zero-order valence-corrected chi connectivity index (χ0v) is 19.1. The summed E-state index contributed by atoms with van der Waals surface area (Å²) in [5.41, 5.74) is 2.33. The number of hydrogen-bond donors (Lipinski definition) is 2. The minimum Gasteiger partial charge on any atom is -0.497 e. The minimum atomic E-state index is -0.996. The number of benzene rings is 3. The molecule has 0 atom stereocenters. The molecular weight excluding hydrogens is 472 g/mol. The van der Waals surface area contributed by atoms with Gasteiger partial charge in [0, 0.05) is 11.8 Å². The first kappa shape index (κ1) is 25.4. The second-order valence-corrected chi connectivity index (χ2v) is 6.96. The first-order valence-electron chi connectivity index (χ1n) is 10.2. The van der Waals surface area contributed by atoms with Crippen LogP contribution in [0.5, 0.6) is 17.2 Å². The molecule has 0 radical (unpaired) electrons. The molecule has 3 aromatic rings. The highest BCUT2D eigenvalue weighted by molar-refractivity contribution is 6.39. The number of ether oxygens (including phenoxy) is 3. The molecule has 0 aliphatic rings. The predicted octanol–water partition coefficient (Wildman–Crippen LogP) is 2.92. The number of hydrogen-bond acceptors (Lipinski definition) is 9. The molecule has 0 bridgehead atoms. The summed E-state index contributed by atoms with van der Waals surface area (Å²) in [4.78, 5) is 46.9. The summed E-state index contributed by atoms with van der Waals surface area (Å²) in [7, 11) is 2.84. The molecule has 0 aliphatic carbocycles. The molecule has 0 saturated heterocycles. The van der Waals surface area contributed by atoms with Crippen molar-refractivity contribution in [2.75, 3.05) is 19.5 Å². The van der Waals surface area contributed by atoms with Crippen molar-refractivity contribution in [3.05, 3.63) is 88.0 Å². The third kappa shape index (κ3) is 6.41. The van der Waals surface area contributed by atoms with Crippen LogP contribution in [0.1, 0.15) is 15.9 Å². The SMILES string of the molecule is COc1ccc(NC(=O)C(=O)N/N=C/c2ccc(OC(=O)c3ccccc3[N+](=O)[O-])c(OC)c2)cc1. The van der Waals surface area contributed by atoms with E-state index in [1.54, 1.807) is 24.3 Å². The molecule has 0 unspecified atom stereocenters. The Hall–Kier alpha value is -5.26. The summed E-state index contributed by atoms with van der Waals surface area (Å²) in [6, 6.07) is 16.1.